The molecule has 5 rings (SSSR count). The van der Waals surface area contributed by atoms with Gasteiger partial charge in [-0.2, -0.15) is 0 Å². The van der Waals surface area contributed by atoms with Gasteiger partial charge in [0.2, 0.25) is 0 Å². The van der Waals surface area contributed by atoms with Gasteiger partial charge in [0.05, 0.1) is 38.6 Å². The number of aromatic hydroxyl groups is 2. The van der Waals surface area contributed by atoms with Gasteiger partial charge in [0, 0.05) is 0 Å². The molecule has 3 heterocycles. The summed E-state index contributed by atoms with van der Waals surface area (Å²) in [5.41, 5.74) is 0.722. The molecule has 284 valence electrons. The van der Waals surface area contributed by atoms with E-state index in [0.29, 0.717) is 6.42 Å². The molecule has 0 saturated carbocycles. The SMILES string of the molecule is COc1ccc(C(=O)OC2C(C)OC(OCC3OC(OCCc4ccc(O)cc4)C(O)C(O)C3O)C(O)C2OC2OCC(O)C(O)C2O)cc1O. The summed E-state index contributed by atoms with van der Waals surface area (Å²) in [5.74, 6) is -1.11. The van der Waals surface area contributed by atoms with Crippen molar-refractivity contribution in [2.75, 3.05) is 26.9 Å². The Hall–Kier alpha value is -3.21. The van der Waals surface area contributed by atoms with Crippen LogP contribution in [0.4, 0.5) is 0 Å². The van der Waals surface area contributed by atoms with Crippen LogP contribution < -0.4 is 4.74 Å². The van der Waals surface area contributed by atoms with Crippen LogP contribution in [0.1, 0.15) is 22.8 Å². The standard InChI is InChI=1S/C33H44O18/c1-14-28(50-30(43)16-5-8-20(44-2)18(35)11-16)29(51-32-25(40)22(37)19(36)12-46-32)27(42)33(48-14)47-13-21-23(38)24(39)26(41)31(49-21)45-10-9-15-3-6-17(34)7-4-15/h3-8,11,14,19,21-29,31-42H,9-10,12-13H2,1-2H3. The first-order valence-electron chi connectivity index (χ1n) is 16.2. The normalized spacial score (nSPS) is 37.1. The maximum atomic E-state index is 13.2. The number of aliphatic hydroxyl groups is 7. The first-order chi connectivity index (χ1) is 24.3. The number of phenols is 2. The quantitative estimate of drug-likeness (QED) is 0.103. The number of methoxy groups -OCH3 is 1. The molecular weight excluding hydrogens is 684 g/mol. The number of aliphatic hydroxyl groups excluding tert-OH is 7. The maximum absolute atomic E-state index is 13.2. The third-order valence-electron chi connectivity index (χ3n) is 8.86. The lowest BCUT2D eigenvalue weighted by Gasteiger charge is -2.46. The molecule has 2 aromatic rings. The number of benzene rings is 2. The van der Waals surface area contributed by atoms with Crippen LogP contribution in [-0.2, 0) is 39.6 Å². The van der Waals surface area contributed by atoms with Crippen LogP contribution in [0.2, 0.25) is 0 Å². The minimum atomic E-state index is -1.79. The molecule has 3 aliphatic heterocycles. The van der Waals surface area contributed by atoms with Crippen molar-refractivity contribution in [2.24, 2.45) is 0 Å². The summed E-state index contributed by atoms with van der Waals surface area (Å²) in [7, 11) is 1.33. The van der Waals surface area contributed by atoms with Gasteiger partial charge in [0.1, 0.15) is 60.7 Å². The van der Waals surface area contributed by atoms with Crippen molar-refractivity contribution in [3.05, 3.63) is 53.6 Å². The summed E-state index contributed by atoms with van der Waals surface area (Å²) in [6.45, 7) is 0.549. The Morgan fingerprint density at radius 3 is 2.16 bits per heavy atom. The Kier molecular flexibility index (Phi) is 13.1. The summed E-state index contributed by atoms with van der Waals surface area (Å²) in [5, 5.41) is 93.3. The Balaban J connectivity index is 1.27. The number of ether oxygens (including phenoxy) is 8. The summed E-state index contributed by atoms with van der Waals surface area (Å²) >= 11 is 0. The van der Waals surface area contributed by atoms with Gasteiger partial charge < -0.3 is 83.9 Å². The number of hydrogen-bond acceptors (Lipinski definition) is 18. The van der Waals surface area contributed by atoms with Crippen LogP contribution in [0, 0.1) is 0 Å². The molecule has 18 nitrogen and oxygen atoms in total. The van der Waals surface area contributed by atoms with E-state index in [0.717, 1.165) is 11.6 Å². The van der Waals surface area contributed by atoms with Crippen molar-refractivity contribution in [1.29, 1.82) is 0 Å². The summed E-state index contributed by atoms with van der Waals surface area (Å²) < 4.78 is 44.8. The molecule has 0 radical (unpaired) electrons. The highest BCUT2D eigenvalue weighted by Gasteiger charge is 2.51. The molecule has 3 aliphatic rings. The summed E-state index contributed by atoms with van der Waals surface area (Å²) in [6.07, 6.45) is -21.2. The van der Waals surface area contributed by atoms with E-state index in [2.05, 4.69) is 0 Å². The molecule has 51 heavy (non-hydrogen) atoms. The highest BCUT2D eigenvalue weighted by molar-refractivity contribution is 5.90. The second kappa shape index (κ2) is 17.1. The number of rotatable bonds is 12. The van der Waals surface area contributed by atoms with E-state index in [1.165, 1.54) is 38.3 Å². The van der Waals surface area contributed by atoms with E-state index < -0.39 is 105 Å². The first-order valence-corrected chi connectivity index (χ1v) is 16.2. The Morgan fingerprint density at radius 2 is 1.47 bits per heavy atom. The summed E-state index contributed by atoms with van der Waals surface area (Å²) in [4.78, 5) is 13.2. The van der Waals surface area contributed by atoms with Crippen molar-refractivity contribution in [3.8, 4) is 17.2 Å². The molecule has 3 saturated heterocycles. The molecule has 18 heteroatoms. The molecule has 0 amide bonds. The molecule has 0 bridgehead atoms. The van der Waals surface area contributed by atoms with E-state index in [9.17, 15) is 50.8 Å². The summed E-state index contributed by atoms with van der Waals surface area (Å²) in [6, 6.07) is 10.1. The Bertz CT molecular complexity index is 1430. The molecule has 0 spiro atoms. The molecule has 2 aromatic carbocycles. The van der Waals surface area contributed by atoms with Gasteiger partial charge in [-0.05, 0) is 49.2 Å². The number of carbonyl (C=O) groups is 1. The fraction of sp³-hybridized carbons (Fsp3) is 0.606. The van der Waals surface area contributed by atoms with Gasteiger partial charge >= 0.3 is 5.97 Å². The van der Waals surface area contributed by atoms with Crippen molar-refractivity contribution >= 4 is 5.97 Å². The van der Waals surface area contributed by atoms with Gasteiger partial charge in [-0.1, -0.05) is 12.1 Å². The minimum Gasteiger partial charge on any atom is -0.508 e. The highest BCUT2D eigenvalue weighted by atomic mass is 16.7. The topological polar surface area (TPSA) is 273 Å². The maximum Gasteiger partial charge on any atom is 0.338 e. The van der Waals surface area contributed by atoms with Gasteiger partial charge in [-0.15, -0.1) is 0 Å². The number of hydrogen-bond donors (Lipinski definition) is 9. The van der Waals surface area contributed by atoms with Crippen molar-refractivity contribution in [2.45, 2.75) is 99.4 Å². The first kappa shape index (κ1) is 39.0. The lowest BCUT2D eigenvalue weighted by molar-refractivity contribution is -0.353. The third-order valence-corrected chi connectivity index (χ3v) is 8.86. The van der Waals surface area contributed by atoms with Crippen molar-refractivity contribution < 1.29 is 88.6 Å². The zero-order chi connectivity index (χ0) is 37.0. The fourth-order valence-electron chi connectivity index (χ4n) is 5.84. The van der Waals surface area contributed by atoms with Crippen LogP contribution in [0.5, 0.6) is 17.2 Å². The second-order valence-corrected chi connectivity index (χ2v) is 12.4. The largest absolute Gasteiger partial charge is 0.508 e. The zero-order valence-corrected chi connectivity index (χ0v) is 27.7. The predicted molar refractivity (Wildman–Crippen MR) is 167 cm³/mol. The number of carbonyl (C=O) groups excluding carboxylic acids is 1. The van der Waals surface area contributed by atoms with Crippen LogP contribution in [0.25, 0.3) is 0 Å². The Morgan fingerprint density at radius 1 is 0.784 bits per heavy atom. The molecule has 14 unspecified atom stereocenters. The third kappa shape index (κ3) is 9.06. The highest BCUT2D eigenvalue weighted by Crippen LogP contribution is 2.33. The minimum absolute atomic E-state index is 0.0426. The van der Waals surface area contributed by atoms with Crippen LogP contribution in [0.3, 0.4) is 0 Å². The van der Waals surface area contributed by atoms with Gasteiger partial charge in [0.25, 0.3) is 0 Å². The van der Waals surface area contributed by atoms with E-state index in [-0.39, 0.29) is 29.4 Å². The molecular formula is C33H44O18. The predicted octanol–water partition coefficient (Wildman–Crippen LogP) is -2.35. The van der Waals surface area contributed by atoms with Crippen molar-refractivity contribution in [1.82, 2.24) is 0 Å². The van der Waals surface area contributed by atoms with Crippen LogP contribution >= 0.6 is 0 Å². The monoisotopic (exact) mass is 728 g/mol. The van der Waals surface area contributed by atoms with E-state index >= 15 is 0 Å². The van der Waals surface area contributed by atoms with Gasteiger partial charge in [-0.3, -0.25) is 0 Å². The van der Waals surface area contributed by atoms with Crippen molar-refractivity contribution in [3.63, 3.8) is 0 Å². The van der Waals surface area contributed by atoms with E-state index in [4.69, 9.17) is 37.9 Å². The molecule has 14 atom stereocenters. The lowest BCUT2D eigenvalue weighted by Crippen LogP contribution is -2.64. The smallest absolute Gasteiger partial charge is 0.338 e. The van der Waals surface area contributed by atoms with Gasteiger partial charge in [-0.25, -0.2) is 4.79 Å². The molecule has 9 N–H and O–H groups in total. The van der Waals surface area contributed by atoms with Gasteiger partial charge in [0.15, 0.2) is 36.5 Å². The molecule has 3 fully saturated rings. The average molecular weight is 729 g/mol. The zero-order valence-electron chi connectivity index (χ0n) is 27.7. The number of phenolic OH excluding ortho intramolecular Hbond substituents is 2. The Labute approximate surface area is 291 Å². The van der Waals surface area contributed by atoms with E-state index in [1.54, 1.807) is 12.1 Å². The number of esters is 1. The average Bonchev–Trinajstić information content (AvgIpc) is 3.11. The molecule has 0 aliphatic carbocycles. The van der Waals surface area contributed by atoms with E-state index in [1.807, 2.05) is 0 Å². The second-order valence-electron chi connectivity index (χ2n) is 12.4. The lowest BCUT2D eigenvalue weighted by atomic mass is 9.97. The fourth-order valence-corrected chi connectivity index (χ4v) is 5.84. The van der Waals surface area contributed by atoms with Crippen LogP contribution in [0.15, 0.2) is 42.5 Å². The molecule has 0 aromatic heterocycles. The van der Waals surface area contributed by atoms with Crippen LogP contribution in [-0.4, -0.2) is 165 Å².